The average Bonchev–Trinajstić information content (AvgIpc) is 3.12. The van der Waals surface area contributed by atoms with Gasteiger partial charge in [0.15, 0.2) is 0 Å². The molecule has 3 aliphatic rings. The summed E-state index contributed by atoms with van der Waals surface area (Å²) in [6.45, 7) is 1.81. The maximum Gasteiger partial charge on any atom is 0.299 e. The van der Waals surface area contributed by atoms with Gasteiger partial charge in [0.25, 0.3) is 11.7 Å². The van der Waals surface area contributed by atoms with Crippen molar-refractivity contribution >= 4 is 23.1 Å². The van der Waals surface area contributed by atoms with Gasteiger partial charge in [0.1, 0.15) is 0 Å². The van der Waals surface area contributed by atoms with E-state index in [-0.39, 0.29) is 6.10 Å². The van der Waals surface area contributed by atoms with Crippen LogP contribution in [0, 0.1) is 11.8 Å². The summed E-state index contributed by atoms with van der Waals surface area (Å²) in [5.74, 6) is 0.0390. The van der Waals surface area contributed by atoms with Gasteiger partial charge < -0.3 is 14.9 Å². The molecule has 0 spiro atoms. The van der Waals surface area contributed by atoms with E-state index in [1.54, 1.807) is 13.1 Å². The number of aliphatic hydroxyl groups is 1. The Balaban J connectivity index is 1.64. The van der Waals surface area contributed by atoms with Crippen LogP contribution in [-0.4, -0.2) is 43.0 Å². The zero-order chi connectivity index (χ0) is 14.7. The first-order valence-corrected chi connectivity index (χ1v) is 7.45. The Hall–Kier alpha value is -1.88. The lowest BCUT2D eigenvalue weighted by Crippen LogP contribution is -2.25. The van der Waals surface area contributed by atoms with E-state index in [0.717, 1.165) is 31.6 Å². The number of hydrogen-bond acceptors (Lipinski definition) is 4. The third-order valence-electron chi connectivity index (χ3n) is 5.27. The van der Waals surface area contributed by atoms with Crippen molar-refractivity contribution in [3.05, 3.63) is 23.8 Å². The first kappa shape index (κ1) is 12.8. The quantitative estimate of drug-likeness (QED) is 0.784. The predicted molar refractivity (Wildman–Crippen MR) is 78.6 cm³/mol. The molecule has 2 fully saturated rings. The highest BCUT2D eigenvalue weighted by molar-refractivity contribution is 6.52. The summed E-state index contributed by atoms with van der Waals surface area (Å²) < 4.78 is 0. The topological polar surface area (TPSA) is 60.9 Å². The molecule has 110 valence electrons. The van der Waals surface area contributed by atoms with E-state index in [0.29, 0.717) is 23.1 Å². The number of ketones is 1. The Kier molecular flexibility index (Phi) is 2.63. The largest absolute Gasteiger partial charge is 0.393 e. The second-order valence-electron chi connectivity index (χ2n) is 6.37. The molecule has 1 saturated heterocycles. The van der Waals surface area contributed by atoms with Crippen LogP contribution < -0.4 is 9.80 Å². The number of amides is 1. The molecule has 0 radical (unpaired) electrons. The van der Waals surface area contributed by atoms with E-state index in [1.807, 2.05) is 12.1 Å². The van der Waals surface area contributed by atoms with Gasteiger partial charge in [-0.15, -0.1) is 0 Å². The van der Waals surface area contributed by atoms with E-state index < -0.39 is 11.7 Å². The summed E-state index contributed by atoms with van der Waals surface area (Å²) in [5.41, 5.74) is 2.22. The highest BCUT2D eigenvalue weighted by Crippen LogP contribution is 2.41. The fraction of sp³-hybridized carbons (Fsp3) is 0.500. The number of Topliss-reactive ketones (excluding diaryl/α,β-unsaturated/α-hetero) is 1. The van der Waals surface area contributed by atoms with Crippen molar-refractivity contribution in [2.45, 2.75) is 18.9 Å². The summed E-state index contributed by atoms with van der Waals surface area (Å²) >= 11 is 0. The van der Waals surface area contributed by atoms with Crippen molar-refractivity contribution in [2.24, 2.45) is 11.8 Å². The van der Waals surface area contributed by atoms with E-state index in [1.165, 1.54) is 4.90 Å². The fourth-order valence-corrected chi connectivity index (χ4v) is 4.01. The molecule has 1 saturated carbocycles. The Bertz CT molecular complexity index is 642. The number of benzene rings is 1. The van der Waals surface area contributed by atoms with Gasteiger partial charge in [-0.3, -0.25) is 9.59 Å². The number of aliphatic hydroxyl groups excluding tert-OH is 1. The maximum atomic E-state index is 11.8. The summed E-state index contributed by atoms with van der Waals surface area (Å²) in [5, 5.41) is 10.0. The molecule has 2 aliphatic heterocycles. The lowest BCUT2D eigenvalue weighted by Gasteiger charge is -2.22. The smallest absolute Gasteiger partial charge is 0.299 e. The number of carbonyl (C=O) groups is 2. The van der Waals surface area contributed by atoms with Gasteiger partial charge in [0, 0.05) is 31.7 Å². The van der Waals surface area contributed by atoms with Gasteiger partial charge in [-0.05, 0) is 37.0 Å². The van der Waals surface area contributed by atoms with Crippen molar-refractivity contribution in [2.75, 3.05) is 29.9 Å². The zero-order valence-corrected chi connectivity index (χ0v) is 12.0. The summed E-state index contributed by atoms with van der Waals surface area (Å²) in [6, 6.07) is 5.58. The van der Waals surface area contributed by atoms with E-state index in [2.05, 4.69) is 4.90 Å². The second kappa shape index (κ2) is 4.31. The zero-order valence-electron chi connectivity index (χ0n) is 12.0. The molecule has 3 unspecified atom stereocenters. The van der Waals surface area contributed by atoms with Crippen LogP contribution >= 0.6 is 0 Å². The molecule has 0 bridgehead atoms. The first-order chi connectivity index (χ1) is 10.1. The number of hydrogen-bond donors (Lipinski definition) is 1. The fourth-order valence-electron chi connectivity index (χ4n) is 4.01. The second-order valence-corrected chi connectivity index (χ2v) is 6.37. The van der Waals surface area contributed by atoms with Crippen LogP contribution in [0.1, 0.15) is 23.2 Å². The lowest BCUT2D eigenvalue weighted by atomic mass is 10.00. The molecule has 1 amide bonds. The molecule has 1 aromatic rings. The van der Waals surface area contributed by atoms with Crippen molar-refractivity contribution < 1.29 is 14.7 Å². The van der Waals surface area contributed by atoms with E-state index in [9.17, 15) is 14.7 Å². The van der Waals surface area contributed by atoms with Crippen LogP contribution in [0.5, 0.6) is 0 Å². The van der Waals surface area contributed by atoms with Gasteiger partial charge >= 0.3 is 0 Å². The monoisotopic (exact) mass is 286 g/mol. The van der Waals surface area contributed by atoms with Crippen LogP contribution in [0.4, 0.5) is 11.4 Å². The van der Waals surface area contributed by atoms with Crippen molar-refractivity contribution in [1.29, 1.82) is 0 Å². The van der Waals surface area contributed by atoms with Gasteiger partial charge in [0.05, 0.1) is 17.4 Å². The molecule has 21 heavy (non-hydrogen) atoms. The average molecular weight is 286 g/mol. The molecule has 1 aliphatic carbocycles. The maximum absolute atomic E-state index is 11.8. The molecule has 2 heterocycles. The van der Waals surface area contributed by atoms with Crippen LogP contribution in [0.3, 0.4) is 0 Å². The SMILES string of the molecule is CN1C(=O)C(=O)c2ccc(N3CC4CCC(O)C4C3)cc21. The van der Waals surface area contributed by atoms with Gasteiger partial charge in [0.2, 0.25) is 0 Å². The Morgan fingerprint density at radius 3 is 2.76 bits per heavy atom. The minimum Gasteiger partial charge on any atom is -0.393 e. The number of carbonyl (C=O) groups excluding carboxylic acids is 2. The molecule has 0 aromatic heterocycles. The van der Waals surface area contributed by atoms with Crippen LogP contribution in [0.2, 0.25) is 0 Å². The molecule has 4 rings (SSSR count). The highest BCUT2D eigenvalue weighted by atomic mass is 16.3. The first-order valence-electron chi connectivity index (χ1n) is 7.45. The summed E-state index contributed by atoms with van der Waals surface area (Å²) in [4.78, 5) is 27.2. The number of nitrogens with zero attached hydrogens (tertiary/aromatic N) is 2. The number of likely N-dealkylation sites (N-methyl/N-ethyl adjacent to an activating group) is 1. The lowest BCUT2D eigenvalue weighted by molar-refractivity contribution is -0.114. The highest BCUT2D eigenvalue weighted by Gasteiger charge is 2.42. The molecular formula is C16H18N2O3. The number of fused-ring (bicyclic) bond motifs is 2. The number of anilines is 2. The van der Waals surface area contributed by atoms with Crippen LogP contribution in [0.25, 0.3) is 0 Å². The Morgan fingerprint density at radius 2 is 2.00 bits per heavy atom. The third kappa shape index (κ3) is 1.73. The number of rotatable bonds is 1. The minimum atomic E-state index is -0.462. The summed E-state index contributed by atoms with van der Waals surface area (Å²) in [7, 11) is 1.64. The molecular weight excluding hydrogens is 268 g/mol. The van der Waals surface area contributed by atoms with Gasteiger partial charge in [-0.2, -0.15) is 0 Å². The van der Waals surface area contributed by atoms with E-state index >= 15 is 0 Å². The molecule has 3 atom stereocenters. The van der Waals surface area contributed by atoms with Crippen molar-refractivity contribution in [3.8, 4) is 0 Å². The van der Waals surface area contributed by atoms with Crippen molar-refractivity contribution in [1.82, 2.24) is 0 Å². The van der Waals surface area contributed by atoms with Crippen molar-refractivity contribution in [3.63, 3.8) is 0 Å². The van der Waals surface area contributed by atoms with Gasteiger partial charge in [-0.25, -0.2) is 0 Å². The molecule has 5 heteroatoms. The Morgan fingerprint density at radius 1 is 1.19 bits per heavy atom. The normalized spacial score (nSPS) is 31.0. The standard InChI is InChI=1S/C16H18N2O3/c1-17-13-6-10(3-4-11(13)15(20)16(17)21)18-7-9-2-5-14(19)12(9)8-18/h3-4,6,9,12,14,19H,2,5,7-8H2,1H3. The summed E-state index contributed by atoms with van der Waals surface area (Å²) in [6.07, 6.45) is 1.82. The molecule has 1 N–H and O–H groups in total. The van der Waals surface area contributed by atoms with Crippen LogP contribution in [-0.2, 0) is 4.79 Å². The Labute approximate surface area is 123 Å². The van der Waals surface area contributed by atoms with Crippen LogP contribution in [0.15, 0.2) is 18.2 Å². The molecule has 5 nitrogen and oxygen atoms in total. The molecule has 1 aromatic carbocycles. The predicted octanol–water partition coefficient (Wildman–Crippen LogP) is 1.05. The van der Waals surface area contributed by atoms with Gasteiger partial charge in [-0.1, -0.05) is 0 Å². The minimum absolute atomic E-state index is 0.180. The van der Waals surface area contributed by atoms with E-state index in [4.69, 9.17) is 0 Å². The third-order valence-corrected chi connectivity index (χ3v) is 5.27.